The maximum atomic E-state index is 12.6. The number of hydrogen-bond acceptors (Lipinski definition) is 4. The van der Waals surface area contributed by atoms with Gasteiger partial charge in [-0.2, -0.15) is 0 Å². The molecule has 0 fully saturated rings. The van der Waals surface area contributed by atoms with Crippen molar-refractivity contribution >= 4 is 22.6 Å². The number of ether oxygens (including phenoxy) is 1. The van der Waals surface area contributed by atoms with Crippen LogP contribution in [0.5, 0.6) is 5.75 Å². The van der Waals surface area contributed by atoms with E-state index >= 15 is 0 Å². The lowest BCUT2D eigenvalue weighted by molar-refractivity contribution is 0.102. The molecule has 1 amide bonds. The number of hydrogen-bond donors (Lipinski definition) is 1. The molecule has 24 heavy (non-hydrogen) atoms. The first-order valence-electron chi connectivity index (χ1n) is 7.42. The molecule has 6 heteroatoms. The van der Waals surface area contributed by atoms with Gasteiger partial charge >= 0.3 is 0 Å². The highest BCUT2D eigenvalue weighted by atomic mass is 16.5. The van der Waals surface area contributed by atoms with Crippen molar-refractivity contribution in [2.24, 2.45) is 7.05 Å². The van der Waals surface area contributed by atoms with Crippen molar-refractivity contribution in [2.45, 2.75) is 6.92 Å². The molecule has 0 atom stereocenters. The predicted molar refractivity (Wildman–Crippen MR) is 92.7 cm³/mol. The molecule has 122 valence electrons. The number of carbonyl (C=O) groups excluding carboxylic acids is 1. The number of carbonyl (C=O) groups is 1. The molecule has 0 radical (unpaired) electrons. The Morgan fingerprint density at radius 1 is 1.25 bits per heavy atom. The second kappa shape index (κ2) is 6.16. The van der Waals surface area contributed by atoms with E-state index in [1.165, 1.54) is 11.7 Å². The van der Waals surface area contributed by atoms with E-state index in [-0.39, 0.29) is 5.56 Å². The van der Waals surface area contributed by atoms with Gasteiger partial charge in [0, 0.05) is 18.6 Å². The van der Waals surface area contributed by atoms with Crippen LogP contribution in [0.1, 0.15) is 15.9 Å². The first-order valence-corrected chi connectivity index (χ1v) is 7.42. The summed E-state index contributed by atoms with van der Waals surface area (Å²) in [4.78, 5) is 29.3. The van der Waals surface area contributed by atoms with E-state index in [2.05, 4.69) is 10.3 Å². The van der Waals surface area contributed by atoms with Crippen molar-refractivity contribution < 1.29 is 9.53 Å². The molecular weight excluding hydrogens is 306 g/mol. The van der Waals surface area contributed by atoms with Crippen LogP contribution in [0.25, 0.3) is 11.0 Å². The number of nitrogens with one attached hydrogen (secondary N) is 1. The van der Waals surface area contributed by atoms with Crippen LogP contribution < -0.4 is 15.6 Å². The van der Waals surface area contributed by atoms with E-state index in [1.807, 2.05) is 19.1 Å². The molecule has 6 nitrogen and oxygen atoms in total. The minimum atomic E-state index is -0.481. The van der Waals surface area contributed by atoms with Crippen LogP contribution in [0.3, 0.4) is 0 Å². The molecular formula is C18H17N3O3. The third-order valence-electron chi connectivity index (χ3n) is 3.82. The maximum absolute atomic E-state index is 12.6. The third-order valence-corrected chi connectivity index (χ3v) is 3.82. The molecule has 0 aliphatic rings. The minimum absolute atomic E-state index is 0.0570. The van der Waals surface area contributed by atoms with E-state index in [1.54, 1.807) is 37.5 Å². The Hall–Kier alpha value is -3.15. The van der Waals surface area contributed by atoms with Gasteiger partial charge in [-0.25, -0.2) is 4.98 Å². The summed E-state index contributed by atoms with van der Waals surface area (Å²) >= 11 is 0. The lowest BCUT2D eigenvalue weighted by Crippen LogP contribution is -2.28. The van der Waals surface area contributed by atoms with Crippen LogP contribution in [0.15, 0.2) is 47.4 Å². The van der Waals surface area contributed by atoms with E-state index in [9.17, 15) is 9.59 Å². The number of fused-ring (bicyclic) bond motifs is 1. The maximum Gasteiger partial charge on any atom is 0.264 e. The third kappa shape index (κ3) is 2.74. The number of pyridine rings is 2. The largest absolute Gasteiger partial charge is 0.495 e. The molecule has 0 spiro atoms. The van der Waals surface area contributed by atoms with Gasteiger partial charge in [-0.1, -0.05) is 6.07 Å². The number of rotatable bonds is 3. The van der Waals surface area contributed by atoms with Crippen LogP contribution in [-0.2, 0) is 7.05 Å². The molecule has 2 heterocycles. The van der Waals surface area contributed by atoms with Gasteiger partial charge in [-0.15, -0.1) is 0 Å². The van der Waals surface area contributed by atoms with E-state index in [4.69, 9.17) is 4.74 Å². The summed E-state index contributed by atoms with van der Waals surface area (Å²) < 4.78 is 6.63. The molecule has 0 bridgehead atoms. The summed E-state index contributed by atoms with van der Waals surface area (Å²) in [5, 5.41) is 3.48. The van der Waals surface area contributed by atoms with E-state index in [0.29, 0.717) is 17.1 Å². The molecule has 2 aromatic heterocycles. The molecule has 0 saturated carbocycles. The normalized spacial score (nSPS) is 10.6. The van der Waals surface area contributed by atoms with Crippen molar-refractivity contribution in [3.05, 3.63) is 64.1 Å². The van der Waals surface area contributed by atoms with E-state index < -0.39 is 11.5 Å². The van der Waals surface area contributed by atoms with Crippen molar-refractivity contribution in [3.8, 4) is 5.75 Å². The van der Waals surface area contributed by atoms with Crippen LogP contribution in [0.4, 0.5) is 5.69 Å². The molecule has 0 aliphatic carbocycles. The predicted octanol–water partition coefficient (Wildman–Crippen LogP) is 2.50. The number of anilines is 1. The molecule has 0 aliphatic heterocycles. The Kier molecular flexibility index (Phi) is 4.04. The first-order chi connectivity index (χ1) is 11.5. The van der Waals surface area contributed by atoms with Crippen molar-refractivity contribution in [1.29, 1.82) is 0 Å². The van der Waals surface area contributed by atoms with E-state index in [0.717, 1.165) is 10.9 Å². The minimum Gasteiger partial charge on any atom is -0.495 e. The summed E-state index contributed by atoms with van der Waals surface area (Å²) in [5.74, 6) is 0.0542. The standard InChI is InChI=1S/C18H17N3O3/c1-11-6-7-15(24-3)14(9-11)20-17(22)13-10-12-5-4-8-19-16(12)21(2)18(13)23/h4-10H,1-3H3,(H,20,22). The Morgan fingerprint density at radius 2 is 2.04 bits per heavy atom. The Morgan fingerprint density at radius 3 is 2.79 bits per heavy atom. The summed E-state index contributed by atoms with van der Waals surface area (Å²) in [6.07, 6.45) is 1.61. The highest BCUT2D eigenvalue weighted by molar-refractivity contribution is 6.06. The summed E-state index contributed by atoms with van der Waals surface area (Å²) in [5.41, 5.74) is 1.69. The van der Waals surface area contributed by atoms with Gasteiger partial charge in [0.05, 0.1) is 12.8 Å². The lowest BCUT2D eigenvalue weighted by atomic mass is 10.1. The number of methoxy groups -OCH3 is 1. The van der Waals surface area contributed by atoms with Gasteiger partial charge in [0.25, 0.3) is 11.5 Å². The van der Waals surface area contributed by atoms with Gasteiger partial charge in [-0.05, 0) is 42.8 Å². The van der Waals surface area contributed by atoms with Crippen LogP contribution in [0.2, 0.25) is 0 Å². The second-order valence-corrected chi connectivity index (χ2v) is 5.50. The van der Waals surface area contributed by atoms with Gasteiger partial charge in [0.15, 0.2) is 0 Å². The summed E-state index contributed by atoms with van der Waals surface area (Å²) in [6.45, 7) is 1.91. The van der Waals surface area contributed by atoms with Crippen LogP contribution >= 0.6 is 0 Å². The first kappa shape index (κ1) is 15.7. The molecule has 1 N–H and O–H groups in total. The number of nitrogens with zero attached hydrogens (tertiary/aromatic N) is 2. The van der Waals surface area contributed by atoms with Gasteiger partial charge < -0.3 is 10.1 Å². The Balaban J connectivity index is 2.05. The fourth-order valence-electron chi connectivity index (χ4n) is 2.57. The number of aromatic nitrogens is 2. The molecule has 3 aromatic rings. The average molecular weight is 323 g/mol. The van der Waals surface area contributed by atoms with Crippen LogP contribution in [0, 0.1) is 6.92 Å². The number of benzene rings is 1. The number of aryl methyl sites for hydroxylation is 2. The molecule has 0 saturated heterocycles. The van der Waals surface area contributed by atoms with Gasteiger partial charge in [0.2, 0.25) is 0 Å². The zero-order valence-corrected chi connectivity index (χ0v) is 13.7. The smallest absolute Gasteiger partial charge is 0.264 e. The fourth-order valence-corrected chi connectivity index (χ4v) is 2.57. The summed E-state index contributed by atoms with van der Waals surface area (Å²) in [7, 11) is 3.13. The van der Waals surface area contributed by atoms with Crippen LogP contribution in [-0.4, -0.2) is 22.6 Å². The van der Waals surface area contributed by atoms with Crippen molar-refractivity contribution in [3.63, 3.8) is 0 Å². The van der Waals surface area contributed by atoms with Crippen molar-refractivity contribution in [2.75, 3.05) is 12.4 Å². The highest BCUT2D eigenvalue weighted by Crippen LogP contribution is 2.25. The average Bonchev–Trinajstić information content (AvgIpc) is 2.58. The monoisotopic (exact) mass is 323 g/mol. The SMILES string of the molecule is COc1ccc(C)cc1NC(=O)c1cc2cccnc2n(C)c1=O. The number of amides is 1. The second-order valence-electron chi connectivity index (χ2n) is 5.50. The quantitative estimate of drug-likeness (QED) is 0.804. The molecule has 1 aromatic carbocycles. The zero-order chi connectivity index (χ0) is 17.3. The highest BCUT2D eigenvalue weighted by Gasteiger charge is 2.16. The fraction of sp³-hybridized carbons (Fsp3) is 0.167. The lowest BCUT2D eigenvalue weighted by Gasteiger charge is -2.12. The van der Waals surface area contributed by atoms with Gasteiger partial charge in [0.1, 0.15) is 17.0 Å². The molecule has 0 unspecified atom stereocenters. The topological polar surface area (TPSA) is 73.2 Å². The zero-order valence-electron chi connectivity index (χ0n) is 13.7. The molecule has 3 rings (SSSR count). The Labute approximate surface area is 138 Å². The Bertz CT molecular complexity index is 992. The van der Waals surface area contributed by atoms with Gasteiger partial charge in [-0.3, -0.25) is 14.2 Å². The summed E-state index contributed by atoms with van der Waals surface area (Å²) in [6, 6.07) is 10.6. The van der Waals surface area contributed by atoms with Crippen molar-refractivity contribution in [1.82, 2.24) is 9.55 Å².